The first-order valence-electron chi connectivity index (χ1n) is 5.85. The SMILES string of the molecule is CCc1ccc(CNc2ccc(Cl)c([N+](=O)[O-])c2)o1. The van der Waals surface area contributed by atoms with Crippen molar-refractivity contribution in [3.8, 4) is 0 Å². The van der Waals surface area contributed by atoms with Gasteiger partial charge in [-0.05, 0) is 24.3 Å². The first-order valence-corrected chi connectivity index (χ1v) is 6.23. The van der Waals surface area contributed by atoms with Crippen LogP contribution in [-0.2, 0) is 13.0 Å². The Balaban J connectivity index is 2.07. The number of halogens is 1. The average molecular weight is 281 g/mol. The quantitative estimate of drug-likeness (QED) is 0.663. The molecule has 0 radical (unpaired) electrons. The zero-order valence-electron chi connectivity index (χ0n) is 10.4. The summed E-state index contributed by atoms with van der Waals surface area (Å²) >= 11 is 5.74. The molecule has 0 aliphatic rings. The van der Waals surface area contributed by atoms with Gasteiger partial charge in [-0.15, -0.1) is 0 Å². The normalized spacial score (nSPS) is 10.4. The number of benzene rings is 1. The van der Waals surface area contributed by atoms with E-state index in [2.05, 4.69) is 5.32 Å². The van der Waals surface area contributed by atoms with Crippen molar-refractivity contribution in [1.29, 1.82) is 0 Å². The first-order chi connectivity index (χ1) is 9.10. The first kappa shape index (κ1) is 13.4. The zero-order valence-corrected chi connectivity index (χ0v) is 11.1. The van der Waals surface area contributed by atoms with Crippen molar-refractivity contribution in [3.05, 3.63) is 57.0 Å². The van der Waals surface area contributed by atoms with Gasteiger partial charge in [-0.25, -0.2) is 0 Å². The molecule has 1 N–H and O–H groups in total. The summed E-state index contributed by atoms with van der Waals surface area (Å²) in [5.41, 5.74) is 0.519. The molecule has 5 nitrogen and oxygen atoms in total. The van der Waals surface area contributed by atoms with Crippen LogP contribution in [0.5, 0.6) is 0 Å². The van der Waals surface area contributed by atoms with Gasteiger partial charge in [0.2, 0.25) is 0 Å². The summed E-state index contributed by atoms with van der Waals surface area (Å²) in [6, 6.07) is 8.41. The number of nitrogens with one attached hydrogen (secondary N) is 1. The van der Waals surface area contributed by atoms with Gasteiger partial charge in [-0.3, -0.25) is 10.1 Å². The van der Waals surface area contributed by atoms with Crippen LogP contribution in [0.1, 0.15) is 18.4 Å². The summed E-state index contributed by atoms with van der Waals surface area (Å²) in [4.78, 5) is 10.3. The third-order valence-electron chi connectivity index (χ3n) is 2.68. The fraction of sp³-hybridized carbons (Fsp3) is 0.231. The lowest BCUT2D eigenvalue weighted by Crippen LogP contribution is -1.99. The molecule has 1 aromatic heterocycles. The lowest BCUT2D eigenvalue weighted by molar-refractivity contribution is -0.384. The van der Waals surface area contributed by atoms with Crippen molar-refractivity contribution in [2.24, 2.45) is 0 Å². The molecule has 0 spiro atoms. The molecule has 0 unspecified atom stereocenters. The lowest BCUT2D eigenvalue weighted by Gasteiger charge is -2.05. The summed E-state index contributed by atoms with van der Waals surface area (Å²) in [6.07, 6.45) is 0.840. The highest BCUT2D eigenvalue weighted by molar-refractivity contribution is 6.32. The van der Waals surface area contributed by atoms with Crippen molar-refractivity contribution in [2.45, 2.75) is 19.9 Å². The van der Waals surface area contributed by atoms with E-state index in [9.17, 15) is 10.1 Å². The van der Waals surface area contributed by atoms with Crippen LogP contribution in [-0.4, -0.2) is 4.92 Å². The van der Waals surface area contributed by atoms with Gasteiger partial charge in [0.05, 0.1) is 11.5 Å². The lowest BCUT2D eigenvalue weighted by atomic mass is 10.2. The number of nitrogens with zero attached hydrogens (tertiary/aromatic N) is 1. The standard InChI is InChI=1S/C13H13ClN2O3/c1-2-10-4-5-11(19-10)8-15-9-3-6-12(14)13(7-9)16(17)18/h3-7,15H,2,8H2,1H3. The fourth-order valence-corrected chi connectivity index (χ4v) is 1.85. The second kappa shape index (κ2) is 5.75. The number of rotatable bonds is 5. The highest BCUT2D eigenvalue weighted by Gasteiger charge is 2.12. The minimum Gasteiger partial charge on any atom is -0.464 e. The molecule has 0 saturated carbocycles. The molecule has 0 bridgehead atoms. The summed E-state index contributed by atoms with van der Waals surface area (Å²) < 4.78 is 5.53. The van der Waals surface area contributed by atoms with E-state index < -0.39 is 4.92 Å². The molecule has 0 amide bonds. The predicted octanol–water partition coefficient (Wildman–Crippen LogP) is 4.02. The largest absolute Gasteiger partial charge is 0.464 e. The number of aryl methyl sites for hydroxylation is 1. The van der Waals surface area contributed by atoms with Gasteiger partial charge in [0, 0.05) is 18.2 Å². The average Bonchev–Trinajstić information content (AvgIpc) is 2.85. The molecule has 0 fully saturated rings. The molecule has 1 heterocycles. The fourth-order valence-electron chi connectivity index (χ4n) is 1.66. The molecule has 2 rings (SSSR count). The maximum Gasteiger partial charge on any atom is 0.289 e. The topological polar surface area (TPSA) is 68.3 Å². The van der Waals surface area contributed by atoms with Gasteiger partial charge in [0.1, 0.15) is 16.5 Å². The van der Waals surface area contributed by atoms with E-state index in [0.29, 0.717) is 12.2 Å². The van der Waals surface area contributed by atoms with E-state index in [4.69, 9.17) is 16.0 Å². The van der Waals surface area contributed by atoms with Gasteiger partial charge in [0.15, 0.2) is 0 Å². The molecular formula is C13H13ClN2O3. The van der Waals surface area contributed by atoms with Gasteiger partial charge < -0.3 is 9.73 Å². The Morgan fingerprint density at radius 1 is 1.32 bits per heavy atom. The smallest absolute Gasteiger partial charge is 0.289 e. The number of hydrogen-bond donors (Lipinski definition) is 1. The third-order valence-corrected chi connectivity index (χ3v) is 2.99. The van der Waals surface area contributed by atoms with Crippen LogP contribution >= 0.6 is 11.6 Å². The summed E-state index contributed by atoms with van der Waals surface area (Å²) in [7, 11) is 0. The summed E-state index contributed by atoms with van der Waals surface area (Å²) in [6.45, 7) is 2.48. The van der Waals surface area contributed by atoms with E-state index in [1.54, 1.807) is 6.07 Å². The van der Waals surface area contributed by atoms with Crippen molar-refractivity contribution in [1.82, 2.24) is 0 Å². The molecule has 0 aliphatic heterocycles. The number of nitro groups is 1. The minimum absolute atomic E-state index is 0.111. The van der Waals surface area contributed by atoms with E-state index in [1.807, 2.05) is 19.1 Å². The Hall–Kier alpha value is -2.01. The maximum atomic E-state index is 10.8. The van der Waals surface area contributed by atoms with Crippen LogP contribution < -0.4 is 5.32 Å². The molecular weight excluding hydrogens is 268 g/mol. The number of nitro benzene ring substituents is 1. The number of anilines is 1. The van der Waals surface area contributed by atoms with Crippen molar-refractivity contribution >= 4 is 23.0 Å². The highest BCUT2D eigenvalue weighted by Crippen LogP contribution is 2.27. The van der Waals surface area contributed by atoms with Crippen LogP contribution in [0.2, 0.25) is 5.02 Å². The van der Waals surface area contributed by atoms with Crippen LogP contribution in [0.15, 0.2) is 34.7 Å². The van der Waals surface area contributed by atoms with Gasteiger partial charge >= 0.3 is 0 Å². The van der Waals surface area contributed by atoms with Crippen molar-refractivity contribution in [3.63, 3.8) is 0 Å². The minimum atomic E-state index is -0.504. The van der Waals surface area contributed by atoms with Crippen molar-refractivity contribution in [2.75, 3.05) is 5.32 Å². The molecule has 1 aromatic carbocycles. The third kappa shape index (κ3) is 3.26. The predicted molar refractivity (Wildman–Crippen MR) is 73.5 cm³/mol. The van der Waals surface area contributed by atoms with E-state index in [-0.39, 0.29) is 10.7 Å². The monoisotopic (exact) mass is 280 g/mol. The highest BCUT2D eigenvalue weighted by atomic mass is 35.5. The van der Waals surface area contributed by atoms with Crippen LogP contribution in [0.3, 0.4) is 0 Å². The van der Waals surface area contributed by atoms with E-state index in [0.717, 1.165) is 17.9 Å². The Bertz CT molecular complexity index is 595. The van der Waals surface area contributed by atoms with Gasteiger partial charge in [0.25, 0.3) is 5.69 Å². The van der Waals surface area contributed by atoms with Crippen LogP contribution in [0, 0.1) is 10.1 Å². The van der Waals surface area contributed by atoms with Crippen LogP contribution in [0.25, 0.3) is 0 Å². The van der Waals surface area contributed by atoms with Gasteiger partial charge in [-0.2, -0.15) is 0 Å². The molecule has 6 heteroatoms. The molecule has 2 aromatic rings. The second-order valence-electron chi connectivity index (χ2n) is 4.00. The summed E-state index contributed by atoms with van der Waals surface area (Å²) in [5.74, 6) is 1.70. The Labute approximate surface area is 115 Å². The molecule has 0 aliphatic carbocycles. The summed E-state index contributed by atoms with van der Waals surface area (Å²) in [5, 5.41) is 14.0. The van der Waals surface area contributed by atoms with Crippen LogP contribution in [0.4, 0.5) is 11.4 Å². The molecule has 100 valence electrons. The number of furan rings is 1. The zero-order chi connectivity index (χ0) is 13.8. The van der Waals surface area contributed by atoms with Gasteiger partial charge in [-0.1, -0.05) is 18.5 Å². The maximum absolute atomic E-state index is 10.8. The Morgan fingerprint density at radius 3 is 2.68 bits per heavy atom. The second-order valence-corrected chi connectivity index (χ2v) is 4.41. The van der Waals surface area contributed by atoms with E-state index >= 15 is 0 Å². The van der Waals surface area contributed by atoms with Crippen molar-refractivity contribution < 1.29 is 9.34 Å². The molecule has 0 saturated heterocycles. The number of hydrogen-bond acceptors (Lipinski definition) is 4. The Morgan fingerprint density at radius 2 is 2.05 bits per heavy atom. The molecule has 0 atom stereocenters. The Kier molecular flexibility index (Phi) is 4.06. The molecule has 19 heavy (non-hydrogen) atoms. The van der Waals surface area contributed by atoms with E-state index in [1.165, 1.54) is 12.1 Å².